The lowest BCUT2D eigenvalue weighted by Gasteiger charge is -2.16. The molecule has 0 bridgehead atoms. The molecule has 20 heavy (non-hydrogen) atoms. The summed E-state index contributed by atoms with van der Waals surface area (Å²) in [5.41, 5.74) is 7.32. The van der Waals surface area contributed by atoms with Gasteiger partial charge in [-0.15, -0.1) is 11.8 Å². The largest absolute Gasteiger partial charge is 0.494 e. The Hall–Kier alpha value is -1.16. The van der Waals surface area contributed by atoms with Crippen LogP contribution in [0.2, 0.25) is 5.02 Å². The predicted octanol–water partition coefficient (Wildman–Crippen LogP) is 4.53. The monoisotopic (exact) mass is 307 g/mol. The minimum atomic E-state index is -0.0678. The molecule has 0 saturated carbocycles. The summed E-state index contributed by atoms with van der Waals surface area (Å²) in [6.45, 7) is 2.62. The smallest absolute Gasteiger partial charge is 0.124 e. The molecule has 0 fully saturated rings. The van der Waals surface area contributed by atoms with Crippen LogP contribution in [0.1, 0.15) is 18.5 Å². The summed E-state index contributed by atoms with van der Waals surface area (Å²) >= 11 is 7.68. The van der Waals surface area contributed by atoms with Crippen molar-refractivity contribution in [3.8, 4) is 5.75 Å². The predicted molar refractivity (Wildman–Crippen MR) is 86.7 cm³/mol. The molecule has 0 aliphatic heterocycles. The summed E-state index contributed by atoms with van der Waals surface area (Å²) < 4.78 is 5.62. The Morgan fingerprint density at radius 1 is 1.20 bits per heavy atom. The standard InChI is InChI=1S/C16H18ClNOS/c1-2-19-16-9-4-3-8-14(16)15(18)11-20-13-7-5-6-12(17)10-13/h3-10,15H,2,11,18H2,1H3. The number of hydrogen-bond donors (Lipinski definition) is 1. The molecule has 2 aromatic carbocycles. The van der Waals surface area contributed by atoms with Crippen molar-refractivity contribution >= 4 is 23.4 Å². The molecule has 1 unspecified atom stereocenters. The van der Waals surface area contributed by atoms with Gasteiger partial charge in [-0.1, -0.05) is 35.9 Å². The van der Waals surface area contributed by atoms with Crippen LogP contribution in [0.5, 0.6) is 5.75 Å². The average molecular weight is 308 g/mol. The van der Waals surface area contributed by atoms with E-state index in [0.717, 1.165) is 27.0 Å². The molecule has 2 nitrogen and oxygen atoms in total. The minimum Gasteiger partial charge on any atom is -0.494 e. The van der Waals surface area contributed by atoms with E-state index in [1.54, 1.807) is 11.8 Å². The van der Waals surface area contributed by atoms with E-state index in [1.165, 1.54) is 0 Å². The third-order valence-corrected chi connectivity index (χ3v) is 4.19. The molecule has 0 aliphatic carbocycles. The Bertz CT molecular complexity index is 562. The van der Waals surface area contributed by atoms with Crippen LogP contribution in [0, 0.1) is 0 Å². The maximum absolute atomic E-state index is 6.28. The molecule has 0 aromatic heterocycles. The first-order chi connectivity index (χ1) is 9.70. The molecular formula is C16H18ClNOS. The number of rotatable bonds is 6. The van der Waals surface area contributed by atoms with Crippen LogP contribution in [-0.2, 0) is 0 Å². The van der Waals surface area contributed by atoms with E-state index in [9.17, 15) is 0 Å². The van der Waals surface area contributed by atoms with Crippen molar-refractivity contribution in [2.24, 2.45) is 5.73 Å². The van der Waals surface area contributed by atoms with Gasteiger partial charge in [-0.25, -0.2) is 0 Å². The minimum absolute atomic E-state index is 0.0678. The number of halogens is 1. The molecule has 0 radical (unpaired) electrons. The zero-order chi connectivity index (χ0) is 14.4. The zero-order valence-corrected chi connectivity index (χ0v) is 13.0. The average Bonchev–Trinajstić information content (AvgIpc) is 2.46. The number of para-hydroxylation sites is 1. The van der Waals surface area contributed by atoms with Crippen molar-refractivity contribution in [2.45, 2.75) is 17.9 Å². The topological polar surface area (TPSA) is 35.2 Å². The number of benzene rings is 2. The van der Waals surface area contributed by atoms with Crippen LogP contribution in [0.3, 0.4) is 0 Å². The number of thioether (sulfide) groups is 1. The highest BCUT2D eigenvalue weighted by molar-refractivity contribution is 7.99. The van der Waals surface area contributed by atoms with Crippen LogP contribution in [0.15, 0.2) is 53.4 Å². The highest BCUT2D eigenvalue weighted by atomic mass is 35.5. The van der Waals surface area contributed by atoms with Gasteiger partial charge in [0.25, 0.3) is 0 Å². The molecule has 0 spiro atoms. The molecule has 1 atom stereocenters. The van der Waals surface area contributed by atoms with E-state index in [1.807, 2.05) is 55.5 Å². The van der Waals surface area contributed by atoms with E-state index >= 15 is 0 Å². The lowest BCUT2D eigenvalue weighted by molar-refractivity contribution is 0.335. The van der Waals surface area contributed by atoms with E-state index in [4.69, 9.17) is 22.1 Å². The fourth-order valence-corrected chi connectivity index (χ4v) is 3.10. The Morgan fingerprint density at radius 3 is 2.75 bits per heavy atom. The van der Waals surface area contributed by atoms with Gasteiger partial charge in [0.05, 0.1) is 6.61 Å². The quantitative estimate of drug-likeness (QED) is 0.796. The molecule has 0 saturated heterocycles. The van der Waals surface area contributed by atoms with Gasteiger partial charge in [0.15, 0.2) is 0 Å². The van der Waals surface area contributed by atoms with E-state index < -0.39 is 0 Å². The Balaban J connectivity index is 2.03. The molecule has 4 heteroatoms. The van der Waals surface area contributed by atoms with Crippen LogP contribution < -0.4 is 10.5 Å². The molecule has 2 N–H and O–H groups in total. The van der Waals surface area contributed by atoms with Crippen molar-refractivity contribution in [3.63, 3.8) is 0 Å². The summed E-state index contributed by atoms with van der Waals surface area (Å²) in [5.74, 6) is 1.65. The summed E-state index contributed by atoms with van der Waals surface area (Å²) in [7, 11) is 0. The number of nitrogens with two attached hydrogens (primary N) is 1. The second-order valence-corrected chi connectivity index (χ2v) is 5.88. The van der Waals surface area contributed by atoms with Crippen molar-refractivity contribution in [3.05, 3.63) is 59.1 Å². The van der Waals surface area contributed by atoms with Crippen LogP contribution >= 0.6 is 23.4 Å². The summed E-state index contributed by atoms with van der Waals surface area (Å²) in [6, 6.07) is 15.7. The molecular weight excluding hydrogens is 290 g/mol. The fourth-order valence-electron chi connectivity index (χ4n) is 1.91. The van der Waals surface area contributed by atoms with Crippen molar-refractivity contribution in [1.82, 2.24) is 0 Å². The Labute approximate surface area is 129 Å². The lowest BCUT2D eigenvalue weighted by Crippen LogP contribution is -2.14. The highest BCUT2D eigenvalue weighted by Crippen LogP contribution is 2.29. The number of ether oxygens (including phenoxy) is 1. The fraction of sp³-hybridized carbons (Fsp3) is 0.250. The van der Waals surface area contributed by atoms with Gasteiger partial charge in [0.1, 0.15) is 5.75 Å². The molecule has 0 amide bonds. The second-order valence-electron chi connectivity index (χ2n) is 4.35. The molecule has 2 rings (SSSR count). The van der Waals surface area contributed by atoms with Gasteiger partial charge >= 0.3 is 0 Å². The molecule has 0 heterocycles. The van der Waals surface area contributed by atoms with Crippen LogP contribution in [-0.4, -0.2) is 12.4 Å². The zero-order valence-electron chi connectivity index (χ0n) is 11.4. The van der Waals surface area contributed by atoms with Crippen LogP contribution in [0.25, 0.3) is 0 Å². The second kappa shape index (κ2) is 7.58. The highest BCUT2D eigenvalue weighted by Gasteiger charge is 2.12. The first-order valence-corrected chi connectivity index (χ1v) is 7.92. The molecule has 0 aliphatic rings. The van der Waals surface area contributed by atoms with E-state index in [-0.39, 0.29) is 6.04 Å². The molecule has 106 valence electrons. The van der Waals surface area contributed by atoms with Gasteiger partial charge < -0.3 is 10.5 Å². The first kappa shape index (κ1) is 15.2. The van der Waals surface area contributed by atoms with Gasteiger partial charge in [0, 0.05) is 27.3 Å². The normalized spacial score (nSPS) is 12.2. The van der Waals surface area contributed by atoms with Gasteiger partial charge in [-0.3, -0.25) is 0 Å². The first-order valence-electron chi connectivity index (χ1n) is 6.56. The van der Waals surface area contributed by atoms with Crippen molar-refractivity contribution < 1.29 is 4.74 Å². The maximum Gasteiger partial charge on any atom is 0.124 e. The molecule has 2 aromatic rings. The van der Waals surface area contributed by atoms with Crippen molar-refractivity contribution in [1.29, 1.82) is 0 Å². The summed E-state index contributed by atoms with van der Waals surface area (Å²) in [6.07, 6.45) is 0. The Kier molecular flexibility index (Phi) is 5.77. The van der Waals surface area contributed by atoms with E-state index in [2.05, 4.69) is 0 Å². The summed E-state index contributed by atoms with van der Waals surface area (Å²) in [4.78, 5) is 1.13. The van der Waals surface area contributed by atoms with Gasteiger partial charge in [-0.05, 0) is 31.2 Å². The van der Waals surface area contributed by atoms with Gasteiger partial charge in [0.2, 0.25) is 0 Å². The van der Waals surface area contributed by atoms with E-state index in [0.29, 0.717) is 6.61 Å². The third kappa shape index (κ3) is 4.17. The maximum atomic E-state index is 6.28. The lowest BCUT2D eigenvalue weighted by atomic mass is 10.1. The summed E-state index contributed by atoms with van der Waals surface area (Å²) in [5, 5.41) is 0.748. The number of hydrogen-bond acceptors (Lipinski definition) is 3. The third-order valence-electron chi connectivity index (χ3n) is 2.84. The van der Waals surface area contributed by atoms with Crippen LogP contribution in [0.4, 0.5) is 0 Å². The Morgan fingerprint density at radius 2 is 2.00 bits per heavy atom. The van der Waals surface area contributed by atoms with Crippen molar-refractivity contribution in [2.75, 3.05) is 12.4 Å². The van der Waals surface area contributed by atoms with Gasteiger partial charge in [-0.2, -0.15) is 0 Å². The SMILES string of the molecule is CCOc1ccccc1C(N)CSc1cccc(Cl)c1.